The number of rotatable bonds is 9. The van der Waals surface area contributed by atoms with Gasteiger partial charge in [0.15, 0.2) is 0 Å². The van der Waals surface area contributed by atoms with Crippen molar-refractivity contribution in [3.63, 3.8) is 0 Å². The van der Waals surface area contributed by atoms with Crippen LogP contribution in [0, 0.1) is 5.82 Å². The summed E-state index contributed by atoms with van der Waals surface area (Å²) in [5, 5.41) is 9.99. The van der Waals surface area contributed by atoms with E-state index in [4.69, 9.17) is 4.74 Å². The summed E-state index contributed by atoms with van der Waals surface area (Å²) in [5.41, 5.74) is 1.05. The maximum atomic E-state index is 12.9. The minimum absolute atomic E-state index is 0.126. The van der Waals surface area contributed by atoms with Gasteiger partial charge >= 0.3 is 0 Å². The lowest BCUT2D eigenvalue weighted by Gasteiger charge is -2.25. The molecule has 0 bridgehead atoms. The lowest BCUT2D eigenvalue weighted by atomic mass is 10.2. The highest BCUT2D eigenvalue weighted by atomic mass is 19.1. The van der Waals surface area contributed by atoms with E-state index in [1.807, 2.05) is 13.8 Å². The van der Waals surface area contributed by atoms with Gasteiger partial charge in [-0.15, -0.1) is 0 Å². The lowest BCUT2D eigenvalue weighted by molar-refractivity contribution is -0.00949. The van der Waals surface area contributed by atoms with Crippen LogP contribution in [0.15, 0.2) is 24.3 Å². The molecule has 1 N–H and O–H groups in total. The maximum Gasteiger partial charge on any atom is 0.123 e. The molecule has 1 atom stereocenters. The van der Waals surface area contributed by atoms with Crippen LogP contribution in [-0.4, -0.2) is 41.9 Å². The van der Waals surface area contributed by atoms with Crippen LogP contribution in [0.3, 0.4) is 0 Å². The molecule has 3 nitrogen and oxygen atoms in total. The Morgan fingerprint density at radius 1 is 1.25 bits per heavy atom. The molecule has 0 aliphatic heterocycles. The molecule has 0 amide bonds. The van der Waals surface area contributed by atoms with Gasteiger partial charge in [0.2, 0.25) is 0 Å². The molecule has 114 valence electrons. The minimum Gasteiger partial charge on any atom is -0.389 e. The molecule has 4 heteroatoms. The fourth-order valence-electron chi connectivity index (χ4n) is 2.05. The number of ether oxygens (including phenoxy) is 1. The first kappa shape index (κ1) is 17.1. The van der Waals surface area contributed by atoms with E-state index in [2.05, 4.69) is 11.8 Å². The van der Waals surface area contributed by atoms with Gasteiger partial charge in [-0.05, 0) is 44.5 Å². The van der Waals surface area contributed by atoms with E-state index in [1.54, 1.807) is 12.1 Å². The molecule has 1 unspecified atom stereocenters. The van der Waals surface area contributed by atoms with Crippen molar-refractivity contribution in [2.45, 2.75) is 45.9 Å². The van der Waals surface area contributed by atoms with Crippen molar-refractivity contribution in [1.29, 1.82) is 0 Å². The largest absolute Gasteiger partial charge is 0.389 e. The molecule has 0 heterocycles. The molecule has 0 saturated carbocycles. The van der Waals surface area contributed by atoms with E-state index in [0.717, 1.165) is 18.5 Å². The average Bonchev–Trinajstić information content (AvgIpc) is 2.39. The summed E-state index contributed by atoms with van der Waals surface area (Å²) in [6.45, 7) is 8.54. The molecule has 0 aliphatic rings. The van der Waals surface area contributed by atoms with Crippen molar-refractivity contribution in [3.05, 3.63) is 35.6 Å². The zero-order chi connectivity index (χ0) is 15.0. The van der Waals surface area contributed by atoms with Gasteiger partial charge < -0.3 is 9.84 Å². The quantitative estimate of drug-likeness (QED) is 0.756. The van der Waals surface area contributed by atoms with Gasteiger partial charge in [-0.1, -0.05) is 19.1 Å². The number of nitrogens with zero attached hydrogens (tertiary/aromatic N) is 1. The molecule has 1 aromatic carbocycles. The molecule has 1 rings (SSSR count). The molecule has 0 saturated heterocycles. The predicted octanol–water partition coefficient (Wildman–Crippen LogP) is 2.82. The Bertz CT molecular complexity index is 367. The van der Waals surface area contributed by atoms with E-state index >= 15 is 0 Å². The molecule has 0 aliphatic carbocycles. The Hall–Kier alpha value is -0.970. The van der Waals surface area contributed by atoms with Crippen LogP contribution in [-0.2, 0) is 11.3 Å². The summed E-state index contributed by atoms with van der Waals surface area (Å²) in [7, 11) is 0. The smallest absolute Gasteiger partial charge is 0.123 e. The fraction of sp³-hybridized carbons (Fsp3) is 0.625. The number of benzene rings is 1. The van der Waals surface area contributed by atoms with Crippen LogP contribution in [0.1, 0.15) is 32.8 Å². The van der Waals surface area contributed by atoms with Gasteiger partial charge in [0.25, 0.3) is 0 Å². The third-order valence-electron chi connectivity index (χ3n) is 2.95. The molecular formula is C16H26FNO2. The summed E-state index contributed by atoms with van der Waals surface area (Å²) < 4.78 is 18.3. The van der Waals surface area contributed by atoms with Gasteiger partial charge in [-0.3, -0.25) is 4.90 Å². The SMILES string of the molecule is CCCN(Cc1ccc(F)cc1)CC(O)COC(C)C. The fourth-order valence-corrected chi connectivity index (χ4v) is 2.05. The van der Waals surface area contributed by atoms with Gasteiger partial charge in [0.05, 0.1) is 18.8 Å². The van der Waals surface area contributed by atoms with Gasteiger partial charge in [0, 0.05) is 13.1 Å². The highest BCUT2D eigenvalue weighted by molar-refractivity contribution is 5.15. The number of halogens is 1. The lowest BCUT2D eigenvalue weighted by Crippen LogP contribution is -2.35. The number of hydrogen-bond acceptors (Lipinski definition) is 3. The zero-order valence-corrected chi connectivity index (χ0v) is 12.7. The molecule has 0 spiro atoms. The summed E-state index contributed by atoms with van der Waals surface area (Å²) in [4.78, 5) is 2.17. The Labute approximate surface area is 121 Å². The third-order valence-corrected chi connectivity index (χ3v) is 2.95. The summed E-state index contributed by atoms with van der Waals surface area (Å²) >= 11 is 0. The van der Waals surface area contributed by atoms with Crippen molar-refractivity contribution in [2.24, 2.45) is 0 Å². The molecule has 20 heavy (non-hydrogen) atoms. The second-order valence-electron chi connectivity index (χ2n) is 5.40. The number of aliphatic hydroxyl groups excluding tert-OH is 1. The normalized spacial score (nSPS) is 13.2. The first-order valence-electron chi connectivity index (χ1n) is 7.27. The van der Waals surface area contributed by atoms with Gasteiger partial charge in [-0.25, -0.2) is 4.39 Å². The van der Waals surface area contributed by atoms with Crippen molar-refractivity contribution < 1.29 is 14.2 Å². The second-order valence-corrected chi connectivity index (χ2v) is 5.40. The standard InChI is InChI=1S/C16H26FNO2/c1-4-9-18(11-16(19)12-20-13(2)3)10-14-5-7-15(17)8-6-14/h5-8,13,16,19H,4,9-12H2,1-3H3. The monoisotopic (exact) mass is 283 g/mol. The average molecular weight is 283 g/mol. The third kappa shape index (κ3) is 6.98. The molecule has 0 fully saturated rings. The van der Waals surface area contributed by atoms with Crippen LogP contribution < -0.4 is 0 Å². The Morgan fingerprint density at radius 2 is 1.90 bits per heavy atom. The molecular weight excluding hydrogens is 257 g/mol. The van der Waals surface area contributed by atoms with E-state index in [9.17, 15) is 9.50 Å². The van der Waals surface area contributed by atoms with Gasteiger partial charge in [-0.2, -0.15) is 0 Å². The Balaban J connectivity index is 2.48. The topological polar surface area (TPSA) is 32.7 Å². The van der Waals surface area contributed by atoms with Crippen LogP contribution >= 0.6 is 0 Å². The van der Waals surface area contributed by atoms with E-state index < -0.39 is 6.10 Å². The van der Waals surface area contributed by atoms with E-state index in [0.29, 0.717) is 19.7 Å². The molecule has 1 aromatic rings. The number of hydrogen-bond donors (Lipinski definition) is 1. The van der Waals surface area contributed by atoms with E-state index in [1.165, 1.54) is 12.1 Å². The molecule has 0 radical (unpaired) electrons. The first-order valence-corrected chi connectivity index (χ1v) is 7.27. The van der Waals surface area contributed by atoms with Crippen molar-refractivity contribution in [2.75, 3.05) is 19.7 Å². The first-order chi connectivity index (χ1) is 9.51. The minimum atomic E-state index is -0.496. The predicted molar refractivity (Wildman–Crippen MR) is 79.1 cm³/mol. The number of aliphatic hydroxyl groups is 1. The molecule has 0 aromatic heterocycles. The van der Waals surface area contributed by atoms with Gasteiger partial charge in [0.1, 0.15) is 5.82 Å². The van der Waals surface area contributed by atoms with Crippen molar-refractivity contribution in [1.82, 2.24) is 4.90 Å². The summed E-state index contributed by atoms with van der Waals surface area (Å²) in [6, 6.07) is 6.51. The van der Waals surface area contributed by atoms with Crippen molar-refractivity contribution >= 4 is 0 Å². The van der Waals surface area contributed by atoms with Crippen LogP contribution in [0.2, 0.25) is 0 Å². The summed E-state index contributed by atoms with van der Waals surface area (Å²) in [6.07, 6.45) is 0.643. The summed E-state index contributed by atoms with van der Waals surface area (Å²) in [5.74, 6) is -0.221. The Kier molecular flexibility index (Phi) is 7.73. The van der Waals surface area contributed by atoms with Crippen LogP contribution in [0.25, 0.3) is 0 Å². The Morgan fingerprint density at radius 3 is 2.45 bits per heavy atom. The van der Waals surface area contributed by atoms with E-state index in [-0.39, 0.29) is 11.9 Å². The zero-order valence-electron chi connectivity index (χ0n) is 12.7. The highest BCUT2D eigenvalue weighted by Crippen LogP contribution is 2.08. The highest BCUT2D eigenvalue weighted by Gasteiger charge is 2.12. The van der Waals surface area contributed by atoms with Crippen LogP contribution in [0.5, 0.6) is 0 Å². The van der Waals surface area contributed by atoms with Crippen LogP contribution in [0.4, 0.5) is 4.39 Å². The van der Waals surface area contributed by atoms with Crippen molar-refractivity contribution in [3.8, 4) is 0 Å². The second kappa shape index (κ2) is 9.06. The maximum absolute atomic E-state index is 12.9.